The molecule has 1 aromatic heterocycles. The number of aromatic nitrogens is 2. The molecule has 1 aromatic rings. The highest BCUT2D eigenvalue weighted by atomic mass is 35.5. The first-order valence-electron chi connectivity index (χ1n) is 7.70. The molecule has 0 aliphatic carbocycles. The van der Waals surface area contributed by atoms with Crippen LogP contribution in [0.2, 0.25) is 5.15 Å². The molecule has 0 radical (unpaired) electrons. The third kappa shape index (κ3) is 6.54. The van der Waals surface area contributed by atoms with Crippen molar-refractivity contribution >= 4 is 40.4 Å². The van der Waals surface area contributed by atoms with Gasteiger partial charge in [0.2, 0.25) is 5.91 Å². The normalized spacial score (nSPS) is 14.4. The number of hydrogen-bond acceptors (Lipinski definition) is 6. The molecule has 1 N–H and O–H groups in total. The number of methoxy groups -OCH3 is 1. The molecular formula is C16H25ClN4O3S. The maximum Gasteiger partial charge on any atom is 0.230 e. The molecule has 140 valence electrons. The van der Waals surface area contributed by atoms with Crippen LogP contribution in [0.15, 0.2) is 10.5 Å². The number of hydrogen-bond donors (Lipinski definition) is 1. The van der Waals surface area contributed by atoms with Crippen LogP contribution < -0.4 is 5.32 Å². The minimum Gasteiger partial charge on any atom is -0.591 e. The van der Waals surface area contributed by atoms with Crippen molar-refractivity contribution in [1.82, 2.24) is 10.2 Å². The lowest BCUT2D eigenvalue weighted by Crippen LogP contribution is -2.29. The highest BCUT2D eigenvalue weighted by Crippen LogP contribution is 2.23. The van der Waals surface area contributed by atoms with Crippen molar-refractivity contribution in [2.75, 3.05) is 19.0 Å². The Balaban J connectivity index is 3.25. The zero-order valence-electron chi connectivity index (χ0n) is 15.6. The molecule has 25 heavy (non-hydrogen) atoms. The molecule has 0 saturated heterocycles. The number of rotatable bonds is 5. The average molecular weight is 389 g/mol. The van der Waals surface area contributed by atoms with E-state index in [0.29, 0.717) is 11.3 Å². The molecule has 1 unspecified atom stereocenters. The zero-order chi connectivity index (χ0) is 19.4. The van der Waals surface area contributed by atoms with Crippen LogP contribution in [0.4, 0.5) is 5.82 Å². The van der Waals surface area contributed by atoms with E-state index in [9.17, 15) is 9.35 Å². The summed E-state index contributed by atoms with van der Waals surface area (Å²) in [6, 6.07) is 1.55. The van der Waals surface area contributed by atoms with E-state index in [4.69, 9.17) is 16.3 Å². The summed E-state index contributed by atoms with van der Waals surface area (Å²) in [4.78, 5) is 12.1. The Morgan fingerprint density at radius 2 is 1.92 bits per heavy atom. The Bertz CT molecular complexity index is 654. The van der Waals surface area contributed by atoms with Crippen LogP contribution in [0.3, 0.4) is 0 Å². The van der Waals surface area contributed by atoms with Gasteiger partial charge in [-0.2, -0.15) is 0 Å². The van der Waals surface area contributed by atoms with Crippen molar-refractivity contribution in [2.45, 2.75) is 46.3 Å². The summed E-state index contributed by atoms with van der Waals surface area (Å²) in [7, 11) is 1.50. The van der Waals surface area contributed by atoms with Crippen LogP contribution in [0.25, 0.3) is 0 Å². The number of halogens is 1. The van der Waals surface area contributed by atoms with Gasteiger partial charge in [0.1, 0.15) is 21.8 Å². The Morgan fingerprint density at radius 3 is 2.40 bits per heavy atom. The monoisotopic (exact) mass is 388 g/mol. The molecule has 0 fully saturated rings. The van der Waals surface area contributed by atoms with Gasteiger partial charge in [-0.1, -0.05) is 36.8 Å². The molecule has 1 amide bonds. The Hall–Kier alpha value is -1.22. The van der Waals surface area contributed by atoms with Crippen molar-refractivity contribution in [1.29, 1.82) is 0 Å². The molecule has 0 aliphatic heterocycles. The van der Waals surface area contributed by atoms with E-state index < -0.39 is 21.5 Å². The summed E-state index contributed by atoms with van der Waals surface area (Å²) in [5.74, 6) is 0.0308. The van der Waals surface area contributed by atoms with Crippen LogP contribution in [0.5, 0.6) is 0 Å². The predicted molar refractivity (Wildman–Crippen MR) is 101 cm³/mol. The maximum atomic E-state index is 12.3. The highest BCUT2D eigenvalue weighted by molar-refractivity contribution is 7.91. The first kappa shape index (κ1) is 21.8. The molecule has 0 saturated carbocycles. The Morgan fingerprint density at radius 1 is 1.32 bits per heavy atom. The number of nitrogens with zero attached hydrogens (tertiary/aromatic N) is 3. The first-order chi connectivity index (χ1) is 11.4. The van der Waals surface area contributed by atoms with Gasteiger partial charge < -0.3 is 14.6 Å². The quantitative estimate of drug-likeness (QED) is 0.617. The van der Waals surface area contributed by atoms with Crippen molar-refractivity contribution < 1.29 is 14.1 Å². The maximum absolute atomic E-state index is 12.3. The first-order valence-corrected chi connectivity index (χ1v) is 9.18. The fourth-order valence-electron chi connectivity index (χ4n) is 1.47. The average Bonchev–Trinajstić information content (AvgIpc) is 2.46. The molecule has 0 bridgehead atoms. The van der Waals surface area contributed by atoms with Crippen LogP contribution in [0, 0.1) is 5.41 Å². The van der Waals surface area contributed by atoms with E-state index in [1.165, 1.54) is 7.11 Å². The minimum atomic E-state index is -1.50. The number of nitrogens with one attached hydrogen (secondary N) is 1. The third-order valence-corrected chi connectivity index (χ3v) is 4.69. The molecule has 1 atom stereocenters. The number of carbonyl (C=O) groups excluding carboxylic acids is 1. The van der Waals surface area contributed by atoms with Crippen LogP contribution in [-0.4, -0.2) is 44.8 Å². The minimum absolute atomic E-state index is 0.0930. The number of ether oxygens (including phenoxy) is 1. The van der Waals surface area contributed by atoms with Gasteiger partial charge in [-0.25, -0.2) is 0 Å². The summed E-state index contributed by atoms with van der Waals surface area (Å²) >= 11 is 4.63. The fraction of sp³-hybridized carbons (Fsp3) is 0.625. The van der Waals surface area contributed by atoms with Crippen molar-refractivity contribution in [3.05, 3.63) is 16.8 Å². The van der Waals surface area contributed by atoms with Gasteiger partial charge >= 0.3 is 0 Å². The fourth-order valence-corrected chi connectivity index (χ4v) is 2.30. The molecular weight excluding hydrogens is 364 g/mol. The van der Waals surface area contributed by atoms with Gasteiger partial charge in [0.05, 0.1) is 6.61 Å². The van der Waals surface area contributed by atoms with Crippen LogP contribution in [0.1, 0.15) is 47.1 Å². The van der Waals surface area contributed by atoms with E-state index >= 15 is 0 Å². The van der Waals surface area contributed by atoms with Crippen molar-refractivity contribution in [3.8, 4) is 0 Å². The standard InChI is InChI=1S/C16H25ClN4O3S/c1-15(2,3)14(22)18-12-8-10(13(17)20-19-12)11(9-24-7)21-25(23)16(4,5)6/h8H,9H2,1-7H3,(H,18,19,22). The van der Waals surface area contributed by atoms with Gasteiger partial charge in [-0.05, 0) is 26.8 Å². The van der Waals surface area contributed by atoms with Gasteiger partial charge in [0.25, 0.3) is 0 Å². The van der Waals surface area contributed by atoms with E-state index in [1.54, 1.807) is 26.8 Å². The third-order valence-electron chi connectivity index (χ3n) is 2.98. The molecule has 9 heteroatoms. The summed E-state index contributed by atoms with van der Waals surface area (Å²) in [5.41, 5.74) is 0.209. The lowest BCUT2D eigenvalue weighted by atomic mass is 9.96. The largest absolute Gasteiger partial charge is 0.591 e. The zero-order valence-corrected chi connectivity index (χ0v) is 17.2. The number of amides is 1. The molecule has 1 rings (SSSR count). The second kappa shape index (κ2) is 8.44. The Kier molecular flexibility index (Phi) is 7.37. The topological polar surface area (TPSA) is 99.5 Å². The van der Waals surface area contributed by atoms with E-state index in [2.05, 4.69) is 19.9 Å². The molecule has 0 spiro atoms. The number of anilines is 1. The van der Waals surface area contributed by atoms with Crippen LogP contribution in [-0.2, 0) is 20.9 Å². The van der Waals surface area contributed by atoms with Gasteiger partial charge in [-0.3, -0.25) is 4.79 Å². The highest BCUT2D eigenvalue weighted by Gasteiger charge is 2.28. The van der Waals surface area contributed by atoms with Crippen LogP contribution >= 0.6 is 11.6 Å². The van der Waals surface area contributed by atoms with E-state index in [1.807, 2.05) is 20.8 Å². The Labute approximate surface area is 156 Å². The van der Waals surface area contributed by atoms with Crippen molar-refractivity contribution in [2.24, 2.45) is 9.81 Å². The lowest BCUT2D eigenvalue weighted by molar-refractivity contribution is -0.123. The number of carbonyl (C=O) groups is 1. The molecule has 1 heterocycles. The summed E-state index contributed by atoms with van der Waals surface area (Å²) in [6.07, 6.45) is 0. The second-order valence-electron chi connectivity index (χ2n) is 7.47. The van der Waals surface area contributed by atoms with Crippen molar-refractivity contribution in [3.63, 3.8) is 0 Å². The second-order valence-corrected chi connectivity index (χ2v) is 9.73. The van der Waals surface area contributed by atoms with Gasteiger partial charge in [0.15, 0.2) is 11.0 Å². The lowest BCUT2D eigenvalue weighted by Gasteiger charge is -2.20. The molecule has 0 aliphatic rings. The molecule has 0 aromatic carbocycles. The smallest absolute Gasteiger partial charge is 0.230 e. The van der Waals surface area contributed by atoms with Gasteiger partial charge in [-0.15, -0.1) is 10.2 Å². The summed E-state index contributed by atoms with van der Waals surface area (Å²) in [6.45, 7) is 10.9. The van der Waals surface area contributed by atoms with E-state index in [0.717, 1.165) is 0 Å². The predicted octanol–water partition coefficient (Wildman–Crippen LogP) is 3.01. The SMILES string of the molecule is COCC(=N[S+]([O-])C(C)(C)C)c1cc(NC(=O)C(C)(C)C)nnc1Cl. The molecule has 7 nitrogen and oxygen atoms in total. The van der Waals surface area contributed by atoms with E-state index in [-0.39, 0.29) is 23.5 Å². The van der Waals surface area contributed by atoms with Gasteiger partial charge in [0, 0.05) is 18.1 Å². The summed E-state index contributed by atoms with van der Waals surface area (Å²) in [5, 5.41) is 10.5. The summed E-state index contributed by atoms with van der Waals surface area (Å²) < 4.78 is 21.2.